The molecule has 3 N–H and O–H groups in total. The largest absolute Gasteiger partial charge is 0.460 e. The average molecular weight is 392 g/mol. The predicted octanol–water partition coefficient (Wildman–Crippen LogP) is 0.0672. The average Bonchev–Trinajstić information content (AvgIpc) is 3.14. The molecule has 1 fully saturated rings. The molecule has 4 atom stereocenters. The molecule has 10 nitrogen and oxygen atoms in total. The van der Waals surface area contributed by atoms with Crippen LogP contribution in [0.5, 0.6) is 0 Å². The number of terminal acetylenes is 1. The second-order valence-electron chi connectivity index (χ2n) is 6.22. The first-order valence-corrected chi connectivity index (χ1v) is 8.07. The molecular weight excluding hydrogens is 375 g/mol. The van der Waals surface area contributed by atoms with Crippen LogP contribution in [0, 0.1) is 12.3 Å². The molecule has 28 heavy (non-hydrogen) atoms. The molecule has 11 heteroatoms. The third-order valence-corrected chi connectivity index (χ3v) is 4.21. The fourth-order valence-electron chi connectivity index (χ4n) is 2.99. The molecule has 0 amide bonds. The first kappa shape index (κ1) is 19.5. The molecule has 3 rings (SSSR count). The number of carbonyl (C=O) groups is 2. The minimum atomic E-state index is -2.93. The number of nitrogens with zero attached hydrogens (tertiary/aromatic N) is 3. The van der Waals surface area contributed by atoms with E-state index in [1.807, 2.05) is 5.92 Å². The van der Waals surface area contributed by atoms with Crippen molar-refractivity contribution in [2.24, 2.45) is 0 Å². The lowest BCUT2D eigenvalue weighted by molar-refractivity contribution is -0.222. The lowest BCUT2D eigenvalue weighted by atomic mass is 9.93. The Hall–Kier alpha value is -3.23. The molecule has 148 valence electrons. The van der Waals surface area contributed by atoms with E-state index in [-0.39, 0.29) is 16.9 Å². The van der Waals surface area contributed by atoms with Crippen molar-refractivity contribution in [1.82, 2.24) is 14.5 Å². The van der Waals surface area contributed by atoms with E-state index >= 15 is 4.39 Å². The van der Waals surface area contributed by atoms with E-state index in [9.17, 15) is 14.7 Å². The van der Waals surface area contributed by atoms with E-state index in [0.29, 0.717) is 0 Å². The number of esters is 2. The van der Waals surface area contributed by atoms with E-state index in [2.05, 4.69) is 14.7 Å². The second kappa shape index (κ2) is 6.74. The molecule has 0 radical (unpaired) electrons. The van der Waals surface area contributed by atoms with Crippen LogP contribution in [0.15, 0.2) is 18.6 Å². The van der Waals surface area contributed by atoms with Gasteiger partial charge in [0.2, 0.25) is 11.7 Å². The summed E-state index contributed by atoms with van der Waals surface area (Å²) in [5, 5.41) is 11.0. The molecule has 0 unspecified atom stereocenters. The Morgan fingerprint density at radius 2 is 2.18 bits per heavy atom. The second-order valence-corrected chi connectivity index (χ2v) is 6.22. The summed E-state index contributed by atoms with van der Waals surface area (Å²) in [6, 6.07) is 1.50. The number of alkyl halides is 1. The van der Waals surface area contributed by atoms with Crippen LogP contribution < -0.4 is 5.73 Å². The van der Waals surface area contributed by atoms with Gasteiger partial charge in [-0.3, -0.25) is 14.2 Å². The van der Waals surface area contributed by atoms with Gasteiger partial charge in [-0.2, -0.15) is 0 Å². The summed E-state index contributed by atoms with van der Waals surface area (Å²) in [5.41, 5.74) is 4.07. The fraction of sp³-hybridized carbons (Fsp3) is 0.412. The number of halogens is 1. The van der Waals surface area contributed by atoms with Crippen LogP contribution in [0.4, 0.5) is 10.1 Å². The van der Waals surface area contributed by atoms with Crippen molar-refractivity contribution in [3.63, 3.8) is 0 Å². The van der Waals surface area contributed by atoms with Gasteiger partial charge in [0.05, 0.1) is 12.0 Å². The smallest absolute Gasteiger partial charge is 0.303 e. The summed E-state index contributed by atoms with van der Waals surface area (Å²) in [6.45, 7) is 1.09. The number of hydrogen-bond donors (Lipinski definition) is 2. The Bertz CT molecular complexity index is 988. The summed E-state index contributed by atoms with van der Waals surface area (Å²) < 4.78 is 31.7. The van der Waals surface area contributed by atoms with E-state index in [1.54, 1.807) is 0 Å². The highest BCUT2D eigenvalue weighted by Gasteiger charge is 2.68. The highest BCUT2D eigenvalue weighted by Crippen LogP contribution is 2.47. The number of rotatable bonds is 4. The standard InChI is InChI=1S/C17H17FN4O6/c1-4-16(25)14(27-10(3)24)17(18,7-26-9(2)23)28-15(16)22-8-21-12-11(19)5-6-20-13(12)22/h1,5-6,8,14-15,25H,7H2,2-3H3,(H2,19,20)/t14-,15+,16+,17+/m0/s1. The molecule has 2 aromatic heterocycles. The third-order valence-electron chi connectivity index (χ3n) is 4.21. The first-order valence-electron chi connectivity index (χ1n) is 8.07. The molecule has 0 aliphatic carbocycles. The monoisotopic (exact) mass is 392 g/mol. The number of aromatic nitrogens is 3. The normalized spacial score (nSPS) is 29.4. The maximum atomic E-state index is 15.6. The van der Waals surface area contributed by atoms with Gasteiger partial charge >= 0.3 is 11.9 Å². The fourth-order valence-corrected chi connectivity index (χ4v) is 2.99. The van der Waals surface area contributed by atoms with Crippen LogP contribution in [-0.4, -0.2) is 55.7 Å². The van der Waals surface area contributed by atoms with Crippen LogP contribution >= 0.6 is 0 Å². The van der Waals surface area contributed by atoms with Crippen molar-refractivity contribution in [3.8, 4) is 12.3 Å². The number of imidazole rings is 1. The van der Waals surface area contributed by atoms with Crippen LogP contribution in [-0.2, 0) is 23.8 Å². The minimum Gasteiger partial charge on any atom is -0.460 e. The highest BCUT2D eigenvalue weighted by molar-refractivity contribution is 5.83. The number of aliphatic hydroxyl groups is 1. The van der Waals surface area contributed by atoms with E-state index in [0.717, 1.165) is 18.4 Å². The number of anilines is 1. The Kier molecular flexibility index (Phi) is 4.70. The Morgan fingerprint density at radius 3 is 2.79 bits per heavy atom. The SMILES string of the molecule is C#C[C@]1(O)[C@H](n2cnc3c(N)ccnc32)O[C@](F)(COC(C)=O)[C@H]1OC(C)=O. The molecule has 0 bridgehead atoms. The molecule has 0 spiro atoms. The van der Waals surface area contributed by atoms with Crippen molar-refractivity contribution >= 4 is 28.8 Å². The van der Waals surface area contributed by atoms with Crippen LogP contribution in [0.2, 0.25) is 0 Å². The number of pyridine rings is 1. The van der Waals surface area contributed by atoms with Gasteiger partial charge in [0, 0.05) is 20.0 Å². The van der Waals surface area contributed by atoms with Crippen molar-refractivity contribution in [2.45, 2.75) is 37.6 Å². The number of hydrogen-bond acceptors (Lipinski definition) is 9. The van der Waals surface area contributed by atoms with Gasteiger partial charge in [-0.25, -0.2) is 14.4 Å². The Labute approximate surface area is 158 Å². The zero-order valence-electron chi connectivity index (χ0n) is 15.0. The zero-order valence-corrected chi connectivity index (χ0v) is 15.0. The molecule has 0 aromatic carbocycles. The maximum Gasteiger partial charge on any atom is 0.303 e. The molecule has 3 heterocycles. The Balaban J connectivity index is 2.12. The summed E-state index contributed by atoms with van der Waals surface area (Å²) >= 11 is 0. The van der Waals surface area contributed by atoms with Crippen LogP contribution in [0.3, 0.4) is 0 Å². The van der Waals surface area contributed by atoms with Gasteiger partial charge in [-0.05, 0) is 6.07 Å². The van der Waals surface area contributed by atoms with E-state index in [4.69, 9.17) is 21.6 Å². The lowest BCUT2D eigenvalue weighted by Gasteiger charge is -2.29. The number of ether oxygens (including phenoxy) is 3. The van der Waals surface area contributed by atoms with Gasteiger partial charge < -0.3 is 25.1 Å². The van der Waals surface area contributed by atoms with Gasteiger partial charge in [-0.15, -0.1) is 6.42 Å². The first-order chi connectivity index (χ1) is 13.1. The number of fused-ring (bicyclic) bond motifs is 1. The van der Waals surface area contributed by atoms with Crippen molar-refractivity contribution in [2.75, 3.05) is 12.3 Å². The van der Waals surface area contributed by atoms with Crippen LogP contribution in [0.25, 0.3) is 11.2 Å². The van der Waals surface area contributed by atoms with E-state index in [1.165, 1.54) is 18.6 Å². The lowest BCUT2D eigenvalue weighted by Crippen LogP contribution is -2.52. The van der Waals surface area contributed by atoms with Crippen LogP contribution in [0.1, 0.15) is 20.1 Å². The Morgan fingerprint density at radius 1 is 1.46 bits per heavy atom. The molecule has 0 saturated carbocycles. The van der Waals surface area contributed by atoms with Gasteiger partial charge in [0.1, 0.15) is 5.52 Å². The van der Waals surface area contributed by atoms with Gasteiger partial charge in [0.15, 0.2) is 18.5 Å². The molecule has 2 aromatic rings. The van der Waals surface area contributed by atoms with Gasteiger partial charge in [-0.1, -0.05) is 5.92 Å². The summed E-state index contributed by atoms with van der Waals surface area (Å²) in [5.74, 6) is -2.64. The number of nitrogen functional groups attached to an aromatic ring is 1. The zero-order chi connectivity index (χ0) is 20.7. The maximum absolute atomic E-state index is 15.6. The highest BCUT2D eigenvalue weighted by atomic mass is 19.2. The molecule has 1 saturated heterocycles. The van der Waals surface area contributed by atoms with E-state index < -0.39 is 42.3 Å². The topological polar surface area (TPSA) is 139 Å². The molecule has 1 aliphatic heterocycles. The third kappa shape index (κ3) is 3.02. The van der Waals surface area contributed by atoms with Crippen molar-refractivity contribution in [3.05, 3.63) is 18.6 Å². The minimum absolute atomic E-state index is 0.150. The number of nitrogens with two attached hydrogens (primary N) is 1. The number of carbonyl (C=O) groups excluding carboxylic acids is 2. The summed E-state index contributed by atoms with van der Waals surface area (Å²) in [4.78, 5) is 30.8. The summed E-state index contributed by atoms with van der Waals surface area (Å²) in [7, 11) is 0. The molecule has 1 aliphatic rings. The molecular formula is C17H17FN4O6. The predicted molar refractivity (Wildman–Crippen MR) is 91.9 cm³/mol. The van der Waals surface area contributed by atoms with Crippen molar-refractivity contribution in [1.29, 1.82) is 0 Å². The summed E-state index contributed by atoms with van der Waals surface area (Å²) in [6.07, 6.45) is 4.43. The quantitative estimate of drug-likeness (QED) is 0.546. The van der Waals surface area contributed by atoms with Gasteiger partial charge in [0.25, 0.3) is 5.85 Å². The van der Waals surface area contributed by atoms with Crippen molar-refractivity contribution < 1.29 is 33.3 Å².